The number of amidine groups is 1. The molecule has 1 unspecified atom stereocenters. The molecule has 0 spiro atoms. The van der Waals surface area contributed by atoms with Crippen molar-refractivity contribution in [3.8, 4) is 0 Å². The molecule has 1 aliphatic rings. The summed E-state index contributed by atoms with van der Waals surface area (Å²) in [6.45, 7) is 3.33. The second-order valence-corrected chi connectivity index (χ2v) is 5.96. The topological polar surface area (TPSA) is 117 Å². The number of aliphatic hydroxyl groups is 2. The molecule has 0 saturated heterocycles. The van der Waals surface area contributed by atoms with Crippen LogP contribution in [-0.2, 0) is 24.8 Å². The van der Waals surface area contributed by atoms with E-state index in [1.54, 1.807) is 44.2 Å². The van der Waals surface area contributed by atoms with Gasteiger partial charge in [-0.25, -0.2) is 14.6 Å². The first-order valence-electron chi connectivity index (χ1n) is 7.44. The maximum absolute atomic E-state index is 12.1. The van der Waals surface area contributed by atoms with E-state index in [-0.39, 0.29) is 5.84 Å². The maximum atomic E-state index is 12.1. The van der Waals surface area contributed by atoms with E-state index >= 15 is 0 Å². The third kappa shape index (κ3) is 3.08. The van der Waals surface area contributed by atoms with E-state index in [0.29, 0.717) is 5.56 Å². The van der Waals surface area contributed by atoms with Crippen LogP contribution in [0.2, 0.25) is 0 Å². The fraction of sp³-hybridized carbons (Fsp3) is 0.353. The van der Waals surface area contributed by atoms with E-state index in [4.69, 9.17) is 0 Å². The fourth-order valence-corrected chi connectivity index (χ4v) is 2.53. The van der Waals surface area contributed by atoms with Crippen molar-refractivity contribution >= 4 is 17.8 Å². The van der Waals surface area contributed by atoms with Gasteiger partial charge in [0.1, 0.15) is 5.84 Å². The first-order valence-corrected chi connectivity index (χ1v) is 7.44. The number of rotatable bonds is 4. The summed E-state index contributed by atoms with van der Waals surface area (Å²) in [6.07, 6.45) is 0. The van der Waals surface area contributed by atoms with Crippen molar-refractivity contribution in [3.63, 3.8) is 0 Å². The van der Waals surface area contributed by atoms with Crippen molar-refractivity contribution in [2.75, 3.05) is 14.2 Å². The molecule has 1 aliphatic heterocycles. The lowest BCUT2D eigenvalue weighted by Gasteiger charge is -2.34. The molecule has 0 aliphatic carbocycles. The van der Waals surface area contributed by atoms with Crippen LogP contribution in [0, 0.1) is 0 Å². The summed E-state index contributed by atoms with van der Waals surface area (Å²) in [5.41, 5.74) is -2.82. The lowest BCUT2D eigenvalue weighted by atomic mass is 9.86. The Balaban J connectivity index is 2.63. The van der Waals surface area contributed by atoms with Gasteiger partial charge in [-0.2, -0.15) is 0 Å². The molecular formula is C17H20N2O6. The average molecular weight is 348 g/mol. The van der Waals surface area contributed by atoms with Gasteiger partial charge in [0.25, 0.3) is 0 Å². The van der Waals surface area contributed by atoms with E-state index in [1.165, 1.54) is 0 Å². The predicted octanol–water partition coefficient (Wildman–Crippen LogP) is 0.770. The van der Waals surface area contributed by atoms with Crippen LogP contribution >= 0.6 is 0 Å². The van der Waals surface area contributed by atoms with Gasteiger partial charge in [0.2, 0.25) is 11.5 Å². The average Bonchev–Trinajstić information content (AvgIpc) is 2.84. The second-order valence-electron chi connectivity index (χ2n) is 5.96. The Labute approximate surface area is 144 Å². The van der Waals surface area contributed by atoms with E-state index in [1.807, 2.05) is 0 Å². The van der Waals surface area contributed by atoms with Crippen LogP contribution in [-0.4, -0.2) is 47.7 Å². The summed E-state index contributed by atoms with van der Waals surface area (Å²) in [5.74, 6) is -3.26. The van der Waals surface area contributed by atoms with Gasteiger partial charge < -0.3 is 25.0 Å². The zero-order chi connectivity index (χ0) is 18.8. The van der Waals surface area contributed by atoms with Crippen LogP contribution in [0.3, 0.4) is 0 Å². The first-order chi connectivity index (χ1) is 11.7. The number of ether oxygens (including phenoxy) is 2. The molecule has 0 aromatic heterocycles. The summed E-state index contributed by atoms with van der Waals surface area (Å²) in [5, 5.41) is 24.0. The van der Waals surface area contributed by atoms with E-state index < -0.39 is 34.5 Å². The Kier molecular flexibility index (Phi) is 4.85. The fourth-order valence-electron chi connectivity index (χ4n) is 2.53. The van der Waals surface area contributed by atoms with Crippen LogP contribution in [0.1, 0.15) is 19.4 Å². The van der Waals surface area contributed by atoms with Crippen molar-refractivity contribution < 1.29 is 29.3 Å². The maximum Gasteiger partial charge on any atom is 0.374 e. The Morgan fingerprint density at radius 3 is 2.16 bits per heavy atom. The molecule has 0 fully saturated rings. The van der Waals surface area contributed by atoms with Gasteiger partial charge in [-0.3, -0.25) is 0 Å². The number of benzene rings is 1. The number of carbonyl (C=O) groups excluding carboxylic acids is 2. The summed E-state index contributed by atoms with van der Waals surface area (Å²) in [6, 6.07) is 8.62. The summed E-state index contributed by atoms with van der Waals surface area (Å²) >= 11 is 0. The van der Waals surface area contributed by atoms with E-state index in [9.17, 15) is 19.8 Å². The molecule has 25 heavy (non-hydrogen) atoms. The zero-order valence-electron chi connectivity index (χ0n) is 14.4. The van der Waals surface area contributed by atoms with Crippen molar-refractivity contribution in [2.24, 2.45) is 4.99 Å². The lowest BCUT2D eigenvalue weighted by molar-refractivity contribution is -0.141. The minimum Gasteiger partial charge on any atom is -0.501 e. The van der Waals surface area contributed by atoms with Crippen LogP contribution in [0.5, 0.6) is 0 Å². The Bertz CT molecular complexity index is 754. The van der Waals surface area contributed by atoms with Crippen LogP contribution in [0.15, 0.2) is 46.7 Å². The highest BCUT2D eigenvalue weighted by Gasteiger charge is 2.52. The smallest absolute Gasteiger partial charge is 0.374 e. The summed E-state index contributed by atoms with van der Waals surface area (Å²) in [7, 11) is 2.15. The number of esters is 2. The van der Waals surface area contributed by atoms with Gasteiger partial charge in [-0.1, -0.05) is 30.3 Å². The molecule has 1 aromatic rings. The van der Waals surface area contributed by atoms with E-state index in [2.05, 4.69) is 19.8 Å². The summed E-state index contributed by atoms with van der Waals surface area (Å²) in [4.78, 5) is 27.9. The molecule has 2 rings (SSSR count). The molecule has 1 atom stereocenters. The molecule has 3 N–H and O–H groups in total. The number of aliphatic imine (C=N–C) groups is 1. The van der Waals surface area contributed by atoms with Crippen LogP contribution in [0.25, 0.3) is 0 Å². The molecule has 0 saturated carbocycles. The number of carbonyl (C=O) groups is 2. The second kappa shape index (κ2) is 6.56. The predicted molar refractivity (Wildman–Crippen MR) is 88.7 cm³/mol. The highest BCUT2D eigenvalue weighted by atomic mass is 16.5. The minimum absolute atomic E-state index is 0.175. The molecule has 0 bridgehead atoms. The lowest BCUT2D eigenvalue weighted by Crippen LogP contribution is -2.52. The molecular weight excluding hydrogens is 328 g/mol. The molecule has 1 aromatic carbocycles. The van der Waals surface area contributed by atoms with Gasteiger partial charge in [-0.15, -0.1) is 0 Å². The number of methoxy groups -OCH3 is 2. The van der Waals surface area contributed by atoms with Crippen molar-refractivity contribution in [1.82, 2.24) is 5.32 Å². The largest absolute Gasteiger partial charge is 0.501 e. The normalized spacial score (nSPS) is 22.4. The number of nitrogens with zero attached hydrogens (tertiary/aromatic N) is 1. The molecule has 8 nitrogen and oxygen atoms in total. The third-order valence-electron chi connectivity index (χ3n) is 3.99. The van der Waals surface area contributed by atoms with Gasteiger partial charge in [0.15, 0.2) is 5.57 Å². The van der Waals surface area contributed by atoms with Crippen molar-refractivity contribution in [3.05, 3.63) is 47.2 Å². The Morgan fingerprint density at radius 2 is 1.64 bits per heavy atom. The van der Waals surface area contributed by atoms with Crippen molar-refractivity contribution in [1.29, 1.82) is 0 Å². The third-order valence-corrected chi connectivity index (χ3v) is 3.99. The van der Waals surface area contributed by atoms with E-state index in [0.717, 1.165) is 14.2 Å². The molecule has 0 radical (unpaired) electrons. The van der Waals surface area contributed by atoms with Crippen molar-refractivity contribution in [2.45, 2.75) is 25.1 Å². The van der Waals surface area contributed by atoms with Gasteiger partial charge in [-0.05, 0) is 13.8 Å². The molecule has 1 heterocycles. The van der Waals surface area contributed by atoms with Gasteiger partial charge in [0, 0.05) is 5.56 Å². The number of aliphatic hydroxyl groups excluding tert-OH is 1. The summed E-state index contributed by atoms with van der Waals surface area (Å²) < 4.78 is 9.05. The quantitative estimate of drug-likeness (QED) is 0.418. The molecule has 0 amide bonds. The number of nitrogens with one attached hydrogen (secondary N) is 1. The number of hydrogen-bond acceptors (Lipinski definition) is 8. The molecule has 8 heteroatoms. The number of hydrogen-bond donors (Lipinski definition) is 3. The van der Waals surface area contributed by atoms with Gasteiger partial charge in [0.05, 0.1) is 19.8 Å². The first kappa shape index (κ1) is 18.5. The SMILES string of the molecule is COC(=O)/C(O)=C(\C(=O)OC)C1=NC(O)(c2ccccc2)C(C)(C)N1. The monoisotopic (exact) mass is 348 g/mol. The van der Waals surface area contributed by atoms with Crippen LogP contribution < -0.4 is 5.32 Å². The standard InChI is InChI=1S/C17H20N2O6/c1-16(2)17(23,10-8-6-5-7-9-10)19-13(18-16)11(14(21)24-3)12(20)15(22)25-4/h5-9,20,23H,1-4H3,(H,18,19)/b12-11+. The molecule has 134 valence electrons. The highest BCUT2D eigenvalue weighted by Crippen LogP contribution is 2.39. The van der Waals surface area contributed by atoms with Crippen LogP contribution in [0.4, 0.5) is 0 Å². The minimum atomic E-state index is -1.74. The van der Waals surface area contributed by atoms with Gasteiger partial charge >= 0.3 is 11.9 Å². The highest BCUT2D eigenvalue weighted by molar-refractivity contribution is 6.23. The Hall–Kier alpha value is -2.87. The Morgan fingerprint density at radius 1 is 1.08 bits per heavy atom. The zero-order valence-corrected chi connectivity index (χ0v) is 14.4.